The van der Waals surface area contributed by atoms with Gasteiger partial charge in [-0.1, -0.05) is 38.3 Å². The Labute approximate surface area is 172 Å². The molecule has 1 aromatic rings. The minimum Gasteiger partial charge on any atom is -0.353 e. The first-order chi connectivity index (χ1) is 13.1. The van der Waals surface area contributed by atoms with E-state index in [0.717, 1.165) is 31.4 Å². The number of amides is 1. The lowest BCUT2D eigenvalue weighted by Crippen LogP contribution is -2.44. The van der Waals surface area contributed by atoms with Crippen LogP contribution in [0.1, 0.15) is 52.9 Å². The van der Waals surface area contributed by atoms with Gasteiger partial charge < -0.3 is 5.32 Å². The fraction of sp³-hybridized carbons (Fsp3) is 0.650. The van der Waals surface area contributed by atoms with Crippen molar-refractivity contribution in [3.63, 3.8) is 0 Å². The molecular weight excluding hydrogens is 403 g/mol. The molecule has 1 fully saturated rings. The van der Waals surface area contributed by atoms with Crippen molar-refractivity contribution in [3.8, 4) is 0 Å². The second kappa shape index (κ2) is 10.0. The van der Waals surface area contributed by atoms with Gasteiger partial charge in [0.2, 0.25) is 15.9 Å². The number of nitrogens with zero attached hydrogens (tertiary/aromatic N) is 1. The van der Waals surface area contributed by atoms with E-state index < -0.39 is 15.8 Å². The maximum atomic E-state index is 13.3. The molecule has 2 rings (SSSR count). The Bertz CT molecular complexity index is 778. The number of benzene rings is 1. The number of halogens is 2. The van der Waals surface area contributed by atoms with Crippen LogP contribution in [0.2, 0.25) is 5.02 Å². The average Bonchev–Trinajstić information content (AvgIpc) is 2.63. The van der Waals surface area contributed by atoms with E-state index in [1.54, 1.807) is 0 Å². The van der Waals surface area contributed by atoms with E-state index in [0.29, 0.717) is 18.8 Å². The van der Waals surface area contributed by atoms with Crippen LogP contribution >= 0.6 is 11.6 Å². The highest BCUT2D eigenvalue weighted by atomic mass is 35.5. The van der Waals surface area contributed by atoms with E-state index in [1.807, 2.05) is 6.92 Å². The molecule has 0 aliphatic carbocycles. The summed E-state index contributed by atoms with van der Waals surface area (Å²) >= 11 is 5.71. The molecule has 1 amide bonds. The van der Waals surface area contributed by atoms with Gasteiger partial charge in [0.05, 0.1) is 9.92 Å². The molecule has 0 spiro atoms. The molecule has 28 heavy (non-hydrogen) atoms. The smallest absolute Gasteiger partial charge is 0.243 e. The zero-order valence-corrected chi connectivity index (χ0v) is 18.3. The molecule has 1 atom stereocenters. The van der Waals surface area contributed by atoms with Crippen LogP contribution < -0.4 is 5.32 Å². The van der Waals surface area contributed by atoms with Gasteiger partial charge in [-0.3, -0.25) is 4.79 Å². The van der Waals surface area contributed by atoms with Crippen molar-refractivity contribution in [2.75, 3.05) is 13.1 Å². The van der Waals surface area contributed by atoms with Gasteiger partial charge in [0.1, 0.15) is 5.82 Å². The predicted octanol–water partition coefficient (Wildman–Crippen LogP) is 4.21. The Hall–Kier alpha value is -1.18. The van der Waals surface area contributed by atoms with Gasteiger partial charge in [0.25, 0.3) is 0 Å². The maximum absolute atomic E-state index is 13.3. The van der Waals surface area contributed by atoms with E-state index in [-0.39, 0.29) is 40.9 Å². The number of rotatable bonds is 8. The lowest BCUT2D eigenvalue weighted by atomic mass is 9.96. The van der Waals surface area contributed by atoms with Gasteiger partial charge in [-0.15, -0.1) is 0 Å². The Morgan fingerprint density at radius 2 is 1.89 bits per heavy atom. The molecule has 1 aromatic carbocycles. The summed E-state index contributed by atoms with van der Waals surface area (Å²) in [6.45, 7) is 6.90. The molecule has 5 nitrogen and oxygen atoms in total. The van der Waals surface area contributed by atoms with Crippen molar-refractivity contribution in [3.05, 3.63) is 29.0 Å². The van der Waals surface area contributed by atoms with Gasteiger partial charge in [-0.2, -0.15) is 4.31 Å². The number of nitrogens with one attached hydrogen (secondary N) is 1. The summed E-state index contributed by atoms with van der Waals surface area (Å²) < 4.78 is 40.1. The largest absolute Gasteiger partial charge is 0.353 e. The predicted molar refractivity (Wildman–Crippen MR) is 109 cm³/mol. The van der Waals surface area contributed by atoms with Gasteiger partial charge in [0.15, 0.2) is 0 Å². The van der Waals surface area contributed by atoms with Gasteiger partial charge in [-0.05, 0) is 50.3 Å². The number of hydrogen-bond donors (Lipinski definition) is 1. The SMILES string of the molecule is CC(C)CCCC(C)NC(=O)C1CCN(S(=O)(=O)c2ccc(F)c(Cl)c2)CC1. The van der Waals surface area contributed by atoms with Crippen LogP contribution in [0.4, 0.5) is 4.39 Å². The van der Waals surface area contributed by atoms with Crippen molar-refractivity contribution in [1.82, 2.24) is 9.62 Å². The fourth-order valence-corrected chi connectivity index (χ4v) is 5.15. The van der Waals surface area contributed by atoms with Gasteiger partial charge in [0, 0.05) is 25.0 Å². The summed E-state index contributed by atoms with van der Waals surface area (Å²) in [6, 6.07) is 3.52. The van der Waals surface area contributed by atoms with Crippen molar-refractivity contribution < 1.29 is 17.6 Å². The lowest BCUT2D eigenvalue weighted by Gasteiger charge is -2.31. The van der Waals surface area contributed by atoms with Crippen molar-refractivity contribution in [1.29, 1.82) is 0 Å². The number of piperidine rings is 1. The molecule has 1 aliphatic heterocycles. The first kappa shape index (κ1) is 23.1. The van der Waals surface area contributed by atoms with Crippen molar-refractivity contribution >= 4 is 27.5 Å². The Morgan fingerprint density at radius 1 is 1.25 bits per heavy atom. The first-order valence-electron chi connectivity index (χ1n) is 9.87. The third-order valence-electron chi connectivity index (χ3n) is 5.16. The highest BCUT2D eigenvalue weighted by molar-refractivity contribution is 7.89. The highest BCUT2D eigenvalue weighted by Crippen LogP contribution is 2.26. The average molecular weight is 433 g/mol. The molecule has 1 unspecified atom stereocenters. The zero-order valence-electron chi connectivity index (χ0n) is 16.7. The van der Waals surface area contributed by atoms with E-state index in [2.05, 4.69) is 19.2 Å². The molecule has 158 valence electrons. The quantitative estimate of drug-likeness (QED) is 0.669. The second-order valence-corrected chi connectivity index (χ2v) is 10.3. The third-order valence-corrected chi connectivity index (χ3v) is 7.35. The molecule has 0 bridgehead atoms. The summed E-state index contributed by atoms with van der Waals surface area (Å²) in [4.78, 5) is 12.4. The second-order valence-electron chi connectivity index (χ2n) is 7.99. The Kier molecular flexibility index (Phi) is 8.28. The Balaban J connectivity index is 1.87. The fourth-order valence-electron chi connectivity index (χ4n) is 3.41. The summed E-state index contributed by atoms with van der Waals surface area (Å²) in [6.07, 6.45) is 4.11. The molecule has 1 saturated heterocycles. The minimum atomic E-state index is -3.74. The third kappa shape index (κ3) is 6.16. The summed E-state index contributed by atoms with van der Waals surface area (Å²) in [5, 5.41) is 2.84. The molecule has 0 saturated carbocycles. The van der Waals surface area contributed by atoms with Crippen molar-refractivity contribution in [2.24, 2.45) is 11.8 Å². The molecule has 0 radical (unpaired) electrons. The topological polar surface area (TPSA) is 66.5 Å². The summed E-state index contributed by atoms with van der Waals surface area (Å²) in [5.74, 6) is -0.182. The zero-order chi connectivity index (χ0) is 20.9. The molecule has 1 heterocycles. The van der Waals surface area contributed by atoms with Crippen molar-refractivity contribution in [2.45, 2.75) is 63.8 Å². The van der Waals surface area contributed by atoms with E-state index in [9.17, 15) is 17.6 Å². The number of sulfonamides is 1. The van der Waals surface area contributed by atoms with Crippen LogP contribution in [0.25, 0.3) is 0 Å². The minimum absolute atomic E-state index is 0.000999. The number of carbonyl (C=O) groups is 1. The number of carbonyl (C=O) groups excluding carboxylic acids is 1. The molecule has 8 heteroatoms. The van der Waals surface area contributed by atoms with Crippen LogP contribution in [0, 0.1) is 17.7 Å². The Morgan fingerprint density at radius 3 is 2.46 bits per heavy atom. The van der Waals surface area contributed by atoms with E-state index in [1.165, 1.54) is 10.4 Å². The molecular formula is C20H30ClFN2O3S. The summed E-state index contributed by atoms with van der Waals surface area (Å²) in [5.41, 5.74) is 0. The summed E-state index contributed by atoms with van der Waals surface area (Å²) in [7, 11) is -3.74. The highest BCUT2D eigenvalue weighted by Gasteiger charge is 2.32. The van der Waals surface area contributed by atoms with Crippen LogP contribution in [0.3, 0.4) is 0 Å². The molecule has 1 aliphatic rings. The van der Waals surface area contributed by atoms with Crippen LogP contribution in [0.15, 0.2) is 23.1 Å². The van der Waals surface area contributed by atoms with E-state index in [4.69, 9.17) is 11.6 Å². The monoisotopic (exact) mass is 432 g/mol. The number of hydrogen-bond acceptors (Lipinski definition) is 3. The first-order valence-corrected chi connectivity index (χ1v) is 11.7. The van der Waals surface area contributed by atoms with Crippen LogP contribution in [0.5, 0.6) is 0 Å². The maximum Gasteiger partial charge on any atom is 0.243 e. The standard InChI is InChI=1S/C20H30ClFN2O3S/c1-14(2)5-4-6-15(3)23-20(25)16-9-11-24(12-10-16)28(26,27)17-7-8-19(22)18(21)13-17/h7-8,13-16H,4-6,9-12H2,1-3H3,(H,23,25). The van der Waals surface area contributed by atoms with Gasteiger partial charge >= 0.3 is 0 Å². The van der Waals surface area contributed by atoms with E-state index >= 15 is 0 Å². The molecule has 0 aromatic heterocycles. The van der Waals surface area contributed by atoms with Crippen LogP contribution in [-0.4, -0.2) is 37.8 Å². The van der Waals surface area contributed by atoms with Gasteiger partial charge in [-0.25, -0.2) is 12.8 Å². The van der Waals surface area contributed by atoms with Crippen LogP contribution in [-0.2, 0) is 14.8 Å². The molecule has 1 N–H and O–H groups in total. The normalized spacial score (nSPS) is 17.6. The lowest BCUT2D eigenvalue weighted by molar-refractivity contribution is -0.126.